The normalized spacial score (nSPS) is 14.9. The number of amides is 2. The molecule has 2 amide bonds. The Labute approximate surface area is 107 Å². The van der Waals surface area contributed by atoms with Gasteiger partial charge in [0.25, 0.3) is 0 Å². The van der Waals surface area contributed by atoms with Crippen molar-refractivity contribution in [1.29, 1.82) is 0 Å². The Bertz CT molecular complexity index is 339. The SMILES string of the molecule is CCC(C)(CNC(=O)NCC(F)(F)C(F)F)C(=O)O. The average Bonchev–Trinajstić information content (AvgIpc) is 2.33. The third kappa shape index (κ3) is 5.31. The maximum Gasteiger partial charge on any atom is 0.324 e. The lowest BCUT2D eigenvalue weighted by Gasteiger charge is -2.23. The van der Waals surface area contributed by atoms with Gasteiger partial charge >= 0.3 is 24.3 Å². The maximum atomic E-state index is 12.5. The molecule has 9 heteroatoms. The van der Waals surface area contributed by atoms with Crippen molar-refractivity contribution in [3.05, 3.63) is 0 Å². The number of carbonyl (C=O) groups excluding carboxylic acids is 1. The molecule has 0 saturated carbocycles. The topological polar surface area (TPSA) is 78.4 Å². The fourth-order valence-electron chi connectivity index (χ4n) is 0.965. The van der Waals surface area contributed by atoms with Crippen LogP contribution >= 0.6 is 0 Å². The lowest BCUT2D eigenvalue weighted by atomic mass is 9.88. The van der Waals surface area contributed by atoms with Gasteiger partial charge < -0.3 is 15.7 Å². The molecule has 0 spiro atoms. The van der Waals surface area contributed by atoms with E-state index in [1.165, 1.54) is 6.92 Å². The molecule has 0 aromatic rings. The lowest BCUT2D eigenvalue weighted by Crippen LogP contribution is -2.48. The van der Waals surface area contributed by atoms with E-state index in [1.54, 1.807) is 12.2 Å². The summed E-state index contributed by atoms with van der Waals surface area (Å²) in [6.45, 7) is 1.12. The highest BCUT2D eigenvalue weighted by atomic mass is 19.3. The highest BCUT2D eigenvalue weighted by Gasteiger charge is 2.41. The van der Waals surface area contributed by atoms with Gasteiger partial charge in [-0.05, 0) is 13.3 Å². The van der Waals surface area contributed by atoms with E-state index < -0.39 is 36.3 Å². The van der Waals surface area contributed by atoms with Crippen molar-refractivity contribution in [2.75, 3.05) is 13.1 Å². The average molecular weight is 288 g/mol. The molecule has 0 bridgehead atoms. The zero-order valence-electron chi connectivity index (χ0n) is 10.5. The summed E-state index contributed by atoms with van der Waals surface area (Å²) in [5.74, 6) is -5.48. The van der Waals surface area contributed by atoms with E-state index in [0.717, 1.165) is 0 Å². The lowest BCUT2D eigenvalue weighted by molar-refractivity contribution is -0.147. The van der Waals surface area contributed by atoms with Gasteiger partial charge in [0.15, 0.2) is 0 Å². The molecule has 0 heterocycles. The number of halogens is 4. The van der Waals surface area contributed by atoms with Crippen LogP contribution in [0, 0.1) is 5.41 Å². The molecule has 5 nitrogen and oxygen atoms in total. The van der Waals surface area contributed by atoms with Crippen LogP contribution in [-0.4, -0.2) is 42.5 Å². The summed E-state index contributed by atoms with van der Waals surface area (Å²) in [7, 11) is 0. The number of urea groups is 1. The van der Waals surface area contributed by atoms with Crippen molar-refractivity contribution in [2.24, 2.45) is 5.41 Å². The van der Waals surface area contributed by atoms with Crippen LogP contribution < -0.4 is 10.6 Å². The van der Waals surface area contributed by atoms with Crippen LogP contribution in [0.4, 0.5) is 22.4 Å². The van der Waals surface area contributed by atoms with Gasteiger partial charge in [-0.25, -0.2) is 13.6 Å². The van der Waals surface area contributed by atoms with Crippen LogP contribution in [0.25, 0.3) is 0 Å². The summed E-state index contributed by atoms with van der Waals surface area (Å²) >= 11 is 0. The van der Waals surface area contributed by atoms with Crippen molar-refractivity contribution in [3.8, 4) is 0 Å². The predicted molar refractivity (Wildman–Crippen MR) is 58.4 cm³/mol. The van der Waals surface area contributed by atoms with E-state index in [2.05, 4.69) is 5.32 Å². The van der Waals surface area contributed by atoms with E-state index in [9.17, 15) is 27.2 Å². The second kappa shape index (κ2) is 6.58. The highest BCUT2D eigenvalue weighted by Crippen LogP contribution is 2.21. The van der Waals surface area contributed by atoms with Gasteiger partial charge in [0.2, 0.25) is 0 Å². The second-order valence-corrected chi connectivity index (χ2v) is 4.32. The molecular weight excluding hydrogens is 272 g/mol. The Morgan fingerprint density at radius 2 is 1.68 bits per heavy atom. The largest absolute Gasteiger partial charge is 0.481 e. The van der Waals surface area contributed by atoms with Gasteiger partial charge in [-0.3, -0.25) is 4.79 Å². The molecule has 0 saturated heterocycles. The summed E-state index contributed by atoms with van der Waals surface area (Å²) in [6.07, 6.45) is -3.68. The molecule has 112 valence electrons. The van der Waals surface area contributed by atoms with Crippen LogP contribution in [0.1, 0.15) is 20.3 Å². The molecule has 0 aliphatic rings. The fourth-order valence-corrected chi connectivity index (χ4v) is 0.965. The minimum atomic E-state index is -4.32. The molecule has 0 radical (unpaired) electrons. The number of hydrogen-bond acceptors (Lipinski definition) is 2. The van der Waals surface area contributed by atoms with Gasteiger partial charge in [-0.1, -0.05) is 6.92 Å². The Balaban J connectivity index is 4.24. The predicted octanol–water partition coefficient (Wildman–Crippen LogP) is 1.69. The number of hydrogen-bond donors (Lipinski definition) is 3. The summed E-state index contributed by atoms with van der Waals surface area (Å²) < 4.78 is 48.6. The molecule has 19 heavy (non-hydrogen) atoms. The third-order valence-corrected chi connectivity index (χ3v) is 2.74. The second-order valence-electron chi connectivity index (χ2n) is 4.32. The molecule has 1 atom stereocenters. The number of carbonyl (C=O) groups is 2. The van der Waals surface area contributed by atoms with Crippen molar-refractivity contribution < 1.29 is 32.3 Å². The molecule has 0 aliphatic heterocycles. The van der Waals surface area contributed by atoms with E-state index in [0.29, 0.717) is 0 Å². The molecule has 0 aromatic heterocycles. The van der Waals surface area contributed by atoms with Crippen LogP contribution in [0.3, 0.4) is 0 Å². The maximum absolute atomic E-state index is 12.5. The minimum absolute atomic E-state index is 0.204. The van der Waals surface area contributed by atoms with E-state index >= 15 is 0 Å². The van der Waals surface area contributed by atoms with Gasteiger partial charge in [0.1, 0.15) is 0 Å². The first-order chi connectivity index (χ1) is 8.55. The number of aliphatic carboxylic acids is 1. The fraction of sp³-hybridized carbons (Fsp3) is 0.800. The molecule has 3 N–H and O–H groups in total. The van der Waals surface area contributed by atoms with E-state index in [1.807, 2.05) is 0 Å². The third-order valence-electron chi connectivity index (χ3n) is 2.74. The molecule has 0 fully saturated rings. The number of carboxylic acid groups (broad SMARTS) is 1. The van der Waals surface area contributed by atoms with Crippen molar-refractivity contribution >= 4 is 12.0 Å². The summed E-state index contributed by atoms with van der Waals surface area (Å²) in [5.41, 5.74) is -1.25. The van der Waals surface area contributed by atoms with Gasteiger partial charge in [0, 0.05) is 6.54 Å². The van der Waals surface area contributed by atoms with Crippen molar-refractivity contribution in [1.82, 2.24) is 10.6 Å². The Morgan fingerprint density at radius 1 is 1.21 bits per heavy atom. The minimum Gasteiger partial charge on any atom is -0.481 e. The zero-order valence-corrected chi connectivity index (χ0v) is 10.5. The molecule has 1 unspecified atom stereocenters. The summed E-state index contributed by atoms with van der Waals surface area (Å²) in [6, 6.07) is -1.12. The van der Waals surface area contributed by atoms with Crippen molar-refractivity contribution in [2.45, 2.75) is 32.6 Å². The monoisotopic (exact) mass is 288 g/mol. The summed E-state index contributed by atoms with van der Waals surface area (Å²) in [4.78, 5) is 22.0. The molecular formula is C10H16F4N2O3. The quantitative estimate of drug-likeness (QED) is 0.624. The zero-order chi connectivity index (χ0) is 15.3. The first-order valence-corrected chi connectivity index (χ1v) is 5.46. The molecule has 0 rings (SSSR count). The van der Waals surface area contributed by atoms with Crippen LogP contribution in [0.15, 0.2) is 0 Å². The van der Waals surface area contributed by atoms with E-state index in [-0.39, 0.29) is 13.0 Å². The number of rotatable bonds is 7. The Hall–Kier alpha value is -1.54. The van der Waals surface area contributed by atoms with Crippen LogP contribution in [-0.2, 0) is 4.79 Å². The van der Waals surface area contributed by atoms with Crippen LogP contribution in [0.5, 0.6) is 0 Å². The Kier molecular flexibility index (Phi) is 6.04. The Morgan fingerprint density at radius 3 is 2.05 bits per heavy atom. The number of carboxylic acids is 1. The van der Waals surface area contributed by atoms with Gasteiger partial charge in [-0.2, -0.15) is 8.78 Å². The van der Waals surface area contributed by atoms with Gasteiger partial charge in [0.05, 0.1) is 12.0 Å². The summed E-state index contributed by atoms with van der Waals surface area (Å²) in [5, 5.41) is 12.5. The first kappa shape index (κ1) is 17.5. The number of nitrogens with one attached hydrogen (secondary N) is 2. The van der Waals surface area contributed by atoms with Crippen molar-refractivity contribution in [3.63, 3.8) is 0 Å². The highest BCUT2D eigenvalue weighted by molar-refractivity contribution is 5.77. The van der Waals surface area contributed by atoms with E-state index in [4.69, 9.17) is 5.11 Å². The number of alkyl halides is 4. The van der Waals surface area contributed by atoms with Crippen LogP contribution in [0.2, 0.25) is 0 Å². The first-order valence-electron chi connectivity index (χ1n) is 5.46. The smallest absolute Gasteiger partial charge is 0.324 e. The van der Waals surface area contributed by atoms with Gasteiger partial charge in [-0.15, -0.1) is 0 Å². The molecule has 0 aromatic carbocycles. The molecule has 0 aliphatic carbocycles. The standard InChI is InChI=1S/C10H16F4N2O3/c1-3-9(2,7(17)18)4-15-8(19)16-5-10(13,14)6(11)12/h6H,3-5H2,1-2H3,(H,17,18)(H2,15,16,19).